The monoisotopic (exact) mass is 391 g/mol. The number of benzene rings is 2. The van der Waals surface area contributed by atoms with Crippen molar-refractivity contribution in [2.24, 2.45) is 0 Å². The average molecular weight is 392 g/mol. The molecular weight excluding hydrogens is 362 g/mol. The first kappa shape index (κ1) is 20.6. The number of amides is 2. The number of aromatic amines is 1. The molecule has 5 nitrogen and oxygen atoms in total. The first-order chi connectivity index (χ1) is 13.8. The summed E-state index contributed by atoms with van der Waals surface area (Å²) in [4.78, 5) is 29.6. The topological polar surface area (TPSA) is 65.2 Å². The molecule has 0 spiro atoms. The minimum Gasteiger partial charge on any atom is -0.361 e. The molecule has 2 aromatic carbocycles. The molecule has 1 heterocycles. The van der Waals surface area contributed by atoms with Gasteiger partial charge < -0.3 is 15.2 Å². The van der Waals surface area contributed by atoms with Gasteiger partial charge in [0.25, 0.3) is 0 Å². The van der Waals surface area contributed by atoms with Crippen molar-refractivity contribution in [1.82, 2.24) is 9.88 Å². The van der Waals surface area contributed by atoms with E-state index >= 15 is 0 Å². The van der Waals surface area contributed by atoms with Crippen molar-refractivity contribution in [2.45, 2.75) is 40.5 Å². The number of aromatic nitrogens is 1. The summed E-state index contributed by atoms with van der Waals surface area (Å²) in [5.74, 6) is -0.0845. The molecule has 3 aromatic rings. The highest BCUT2D eigenvalue weighted by Gasteiger charge is 2.14. The lowest BCUT2D eigenvalue weighted by Crippen LogP contribution is -2.33. The van der Waals surface area contributed by atoms with Crippen LogP contribution in [0.5, 0.6) is 0 Å². The predicted octanol–water partition coefficient (Wildman–Crippen LogP) is 4.51. The molecule has 3 rings (SSSR count). The zero-order chi connectivity index (χ0) is 21.0. The zero-order valence-corrected chi connectivity index (χ0v) is 17.6. The van der Waals surface area contributed by atoms with Crippen molar-refractivity contribution in [3.63, 3.8) is 0 Å². The van der Waals surface area contributed by atoms with E-state index in [1.165, 1.54) is 16.5 Å². The highest BCUT2D eigenvalue weighted by atomic mass is 16.2. The van der Waals surface area contributed by atoms with Crippen molar-refractivity contribution in [2.75, 3.05) is 18.4 Å². The van der Waals surface area contributed by atoms with Crippen LogP contribution in [-0.2, 0) is 16.0 Å². The van der Waals surface area contributed by atoms with Gasteiger partial charge in [-0.25, -0.2) is 0 Å². The van der Waals surface area contributed by atoms with Gasteiger partial charge in [-0.05, 0) is 49.9 Å². The van der Waals surface area contributed by atoms with E-state index in [1.807, 2.05) is 45.2 Å². The first-order valence-electron chi connectivity index (χ1n) is 10.0. The summed E-state index contributed by atoms with van der Waals surface area (Å²) in [6, 6.07) is 12.3. The van der Waals surface area contributed by atoms with Gasteiger partial charge in [0.2, 0.25) is 11.8 Å². The van der Waals surface area contributed by atoms with Crippen molar-refractivity contribution < 1.29 is 9.59 Å². The van der Waals surface area contributed by atoms with E-state index in [0.717, 1.165) is 28.8 Å². The number of nitrogens with one attached hydrogen (secondary N) is 2. The minimum absolute atomic E-state index is 0.0136. The summed E-state index contributed by atoms with van der Waals surface area (Å²) in [5, 5.41) is 4.19. The van der Waals surface area contributed by atoms with Crippen molar-refractivity contribution >= 4 is 28.4 Å². The number of rotatable bonds is 7. The highest BCUT2D eigenvalue weighted by Crippen LogP contribution is 2.22. The number of hydrogen-bond donors (Lipinski definition) is 2. The molecule has 29 heavy (non-hydrogen) atoms. The van der Waals surface area contributed by atoms with E-state index in [4.69, 9.17) is 0 Å². The molecular formula is C24H29N3O2. The van der Waals surface area contributed by atoms with Gasteiger partial charge in [0, 0.05) is 49.2 Å². The van der Waals surface area contributed by atoms with Crippen LogP contribution in [0.25, 0.3) is 10.9 Å². The number of para-hydroxylation sites is 1. The van der Waals surface area contributed by atoms with Gasteiger partial charge in [0.1, 0.15) is 0 Å². The predicted molar refractivity (Wildman–Crippen MR) is 118 cm³/mol. The standard InChI is InChI=1S/C24H29N3O2/c1-16-13-17(2)24(18(3)14-16)26-23(29)10-12-27(19(4)28)11-9-20-15-25-22-8-6-5-7-21(20)22/h5-8,13-15,25H,9-12H2,1-4H3,(H,26,29). The van der Waals surface area contributed by atoms with Crippen LogP contribution in [0.4, 0.5) is 5.69 Å². The summed E-state index contributed by atoms with van der Waals surface area (Å²) in [6.45, 7) is 8.60. The Labute approximate surface area is 172 Å². The van der Waals surface area contributed by atoms with Crippen molar-refractivity contribution in [3.05, 3.63) is 64.8 Å². The van der Waals surface area contributed by atoms with Crippen LogP contribution >= 0.6 is 0 Å². The van der Waals surface area contributed by atoms with Crippen LogP contribution in [0, 0.1) is 20.8 Å². The van der Waals surface area contributed by atoms with Crippen LogP contribution in [0.2, 0.25) is 0 Å². The fraction of sp³-hybridized carbons (Fsp3) is 0.333. The molecule has 0 saturated heterocycles. The first-order valence-corrected chi connectivity index (χ1v) is 10.0. The molecule has 0 fully saturated rings. The van der Waals surface area contributed by atoms with Crippen LogP contribution < -0.4 is 5.32 Å². The lowest BCUT2D eigenvalue weighted by molar-refractivity contribution is -0.129. The Morgan fingerprint density at radius 1 is 1.03 bits per heavy atom. The molecule has 0 radical (unpaired) electrons. The molecule has 152 valence electrons. The maximum Gasteiger partial charge on any atom is 0.226 e. The zero-order valence-electron chi connectivity index (χ0n) is 17.6. The Kier molecular flexibility index (Phi) is 6.37. The van der Waals surface area contributed by atoms with Gasteiger partial charge in [-0.15, -0.1) is 0 Å². The molecule has 0 aliphatic rings. The van der Waals surface area contributed by atoms with E-state index in [0.29, 0.717) is 13.1 Å². The van der Waals surface area contributed by atoms with Crippen LogP contribution in [0.3, 0.4) is 0 Å². The van der Waals surface area contributed by atoms with E-state index in [2.05, 4.69) is 28.5 Å². The third-order valence-corrected chi connectivity index (χ3v) is 5.32. The highest BCUT2D eigenvalue weighted by molar-refractivity contribution is 5.92. The van der Waals surface area contributed by atoms with E-state index < -0.39 is 0 Å². The minimum atomic E-state index is -0.0709. The lowest BCUT2D eigenvalue weighted by atomic mass is 10.0. The number of H-pyrrole nitrogens is 1. The van der Waals surface area contributed by atoms with Crippen LogP contribution in [0.15, 0.2) is 42.6 Å². The molecule has 2 amide bonds. The summed E-state index contributed by atoms with van der Waals surface area (Å²) in [5.41, 5.74) is 6.44. The second-order valence-electron chi connectivity index (χ2n) is 7.69. The molecule has 1 aromatic heterocycles. The fourth-order valence-corrected chi connectivity index (χ4v) is 3.84. The molecule has 5 heteroatoms. The number of fused-ring (bicyclic) bond motifs is 1. The van der Waals surface area contributed by atoms with E-state index in [1.54, 1.807) is 11.8 Å². The molecule has 0 bridgehead atoms. The van der Waals surface area contributed by atoms with Crippen molar-refractivity contribution in [3.8, 4) is 0 Å². The second-order valence-corrected chi connectivity index (χ2v) is 7.69. The summed E-state index contributed by atoms with van der Waals surface area (Å²) in [6.07, 6.45) is 3.03. The van der Waals surface area contributed by atoms with Gasteiger partial charge in [-0.2, -0.15) is 0 Å². The van der Waals surface area contributed by atoms with Gasteiger partial charge in [-0.3, -0.25) is 9.59 Å². The third kappa shape index (κ3) is 5.05. The van der Waals surface area contributed by atoms with Gasteiger partial charge in [0.15, 0.2) is 0 Å². The van der Waals surface area contributed by atoms with Gasteiger partial charge in [0.05, 0.1) is 0 Å². The summed E-state index contributed by atoms with van der Waals surface area (Å²) in [7, 11) is 0. The molecule has 0 unspecified atom stereocenters. The summed E-state index contributed by atoms with van der Waals surface area (Å²) < 4.78 is 0. The molecule has 0 atom stereocenters. The summed E-state index contributed by atoms with van der Waals surface area (Å²) >= 11 is 0. The average Bonchev–Trinajstić information content (AvgIpc) is 3.07. The quantitative estimate of drug-likeness (QED) is 0.622. The Morgan fingerprint density at radius 2 is 1.72 bits per heavy atom. The van der Waals surface area contributed by atoms with Crippen LogP contribution in [0.1, 0.15) is 35.6 Å². The largest absolute Gasteiger partial charge is 0.361 e. The maximum atomic E-state index is 12.5. The smallest absolute Gasteiger partial charge is 0.226 e. The lowest BCUT2D eigenvalue weighted by Gasteiger charge is -2.21. The SMILES string of the molecule is CC(=O)N(CCC(=O)Nc1c(C)cc(C)cc1C)CCc1c[nH]c2ccccc12. The fourth-order valence-electron chi connectivity index (χ4n) is 3.84. The van der Waals surface area contributed by atoms with E-state index in [-0.39, 0.29) is 18.2 Å². The number of carbonyl (C=O) groups excluding carboxylic acids is 2. The number of nitrogens with zero attached hydrogens (tertiary/aromatic N) is 1. The Balaban J connectivity index is 1.58. The molecule has 2 N–H and O–H groups in total. The Hall–Kier alpha value is -3.08. The normalized spacial score (nSPS) is 10.9. The molecule has 0 saturated carbocycles. The number of anilines is 1. The second kappa shape index (κ2) is 8.95. The van der Waals surface area contributed by atoms with Crippen LogP contribution in [-0.4, -0.2) is 34.8 Å². The van der Waals surface area contributed by atoms with Gasteiger partial charge >= 0.3 is 0 Å². The number of carbonyl (C=O) groups is 2. The third-order valence-electron chi connectivity index (χ3n) is 5.32. The molecule has 0 aliphatic heterocycles. The maximum absolute atomic E-state index is 12.5. The van der Waals surface area contributed by atoms with Crippen molar-refractivity contribution in [1.29, 1.82) is 0 Å². The Morgan fingerprint density at radius 3 is 2.41 bits per heavy atom. The number of aryl methyl sites for hydroxylation is 3. The van der Waals surface area contributed by atoms with Gasteiger partial charge in [-0.1, -0.05) is 35.9 Å². The molecule has 0 aliphatic carbocycles. The van der Waals surface area contributed by atoms with E-state index in [9.17, 15) is 9.59 Å². The Bertz CT molecular complexity index is 1010. The number of hydrogen-bond acceptors (Lipinski definition) is 2.